The predicted molar refractivity (Wildman–Crippen MR) is 115 cm³/mol. The Morgan fingerprint density at radius 1 is 0.690 bits per heavy atom. The standard InChI is InChI=1S/C27H20O2/c28-26(19-10-3-1-4-11-19)27(20-12-5-2-6-13-20)29-25-17-9-16-23-22-15-8-7-14-21(22)18-24(23)25/h1-17,27H,18H2. The van der Waals surface area contributed by atoms with Gasteiger partial charge in [-0.2, -0.15) is 0 Å². The molecule has 2 nitrogen and oxygen atoms in total. The highest BCUT2D eigenvalue weighted by atomic mass is 16.5. The lowest BCUT2D eigenvalue weighted by Gasteiger charge is -2.20. The quantitative estimate of drug-likeness (QED) is 0.338. The van der Waals surface area contributed by atoms with Gasteiger partial charge < -0.3 is 4.74 Å². The number of carbonyl (C=O) groups excluding carboxylic acids is 1. The lowest BCUT2D eigenvalue weighted by molar-refractivity contribution is 0.0791. The van der Waals surface area contributed by atoms with E-state index >= 15 is 0 Å². The summed E-state index contributed by atoms with van der Waals surface area (Å²) in [7, 11) is 0. The first-order chi connectivity index (χ1) is 14.3. The van der Waals surface area contributed by atoms with Crippen molar-refractivity contribution in [1.29, 1.82) is 0 Å². The summed E-state index contributed by atoms with van der Waals surface area (Å²) in [6, 6.07) is 33.6. The van der Waals surface area contributed by atoms with Crippen LogP contribution in [0.15, 0.2) is 103 Å². The van der Waals surface area contributed by atoms with Crippen molar-refractivity contribution in [1.82, 2.24) is 0 Å². The zero-order valence-corrected chi connectivity index (χ0v) is 15.9. The molecule has 1 unspecified atom stereocenters. The number of benzene rings is 4. The first-order valence-corrected chi connectivity index (χ1v) is 9.82. The van der Waals surface area contributed by atoms with Crippen LogP contribution in [0.3, 0.4) is 0 Å². The third-order valence-electron chi connectivity index (χ3n) is 5.45. The smallest absolute Gasteiger partial charge is 0.207 e. The van der Waals surface area contributed by atoms with Crippen molar-refractivity contribution in [2.75, 3.05) is 0 Å². The number of Topliss-reactive ketones (excluding diaryl/α,β-unsaturated/α-hetero) is 1. The van der Waals surface area contributed by atoms with Gasteiger partial charge in [-0.1, -0.05) is 97.1 Å². The van der Waals surface area contributed by atoms with Crippen molar-refractivity contribution in [3.63, 3.8) is 0 Å². The van der Waals surface area contributed by atoms with Crippen molar-refractivity contribution < 1.29 is 9.53 Å². The van der Waals surface area contributed by atoms with Crippen LogP contribution in [0.2, 0.25) is 0 Å². The van der Waals surface area contributed by atoms with Crippen LogP contribution in [0.25, 0.3) is 11.1 Å². The molecular weight excluding hydrogens is 356 g/mol. The van der Waals surface area contributed by atoms with Gasteiger partial charge in [-0.25, -0.2) is 0 Å². The van der Waals surface area contributed by atoms with E-state index in [9.17, 15) is 4.79 Å². The molecule has 4 aromatic rings. The summed E-state index contributed by atoms with van der Waals surface area (Å²) >= 11 is 0. The molecule has 0 bridgehead atoms. The number of ketones is 1. The first kappa shape index (κ1) is 17.4. The molecule has 4 aromatic carbocycles. The summed E-state index contributed by atoms with van der Waals surface area (Å²) in [6.45, 7) is 0. The molecule has 1 aliphatic rings. The maximum Gasteiger partial charge on any atom is 0.207 e. The highest BCUT2D eigenvalue weighted by molar-refractivity contribution is 6.00. The van der Waals surface area contributed by atoms with Gasteiger partial charge in [0.25, 0.3) is 0 Å². The van der Waals surface area contributed by atoms with E-state index in [1.165, 1.54) is 16.7 Å². The van der Waals surface area contributed by atoms with Crippen LogP contribution in [0.4, 0.5) is 0 Å². The number of ether oxygens (including phenoxy) is 1. The minimum atomic E-state index is -0.686. The van der Waals surface area contributed by atoms with Gasteiger partial charge in [0, 0.05) is 23.1 Å². The summed E-state index contributed by atoms with van der Waals surface area (Å²) in [5.41, 5.74) is 6.39. The predicted octanol–water partition coefficient (Wildman–Crippen LogP) is 6.26. The Balaban J connectivity index is 1.55. The molecule has 0 N–H and O–H groups in total. The van der Waals surface area contributed by atoms with E-state index in [0.29, 0.717) is 5.56 Å². The Hall–Kier alpha value is -3.65. The van der Waals surface area contributed by atoms with Crippen molar-refractivity contribution in [2.24, 2.45) is 0 Å². The molecule has 1 atom stereocenters. The van der Waals surface area contributed by atoms with E-state index in [1.54, 1.807) is 0 Å². The molecule has 0 amide bonds. The third-order valence-corrected chi connectivity index (χ3v) is 5.45. The molecule has 0 saturated heterocycles. The maximum atomic E-state index is 13.3. The molecule has 0 spiro atoms. The molecular formula is C27H20O2. The molecule has 0 radical (unpaired) electrons. The minimum absolute atomic E-state index is 0.0371. The van der Waals surface area contributed by atoms with Crippen LogP contribution in [0, 0.1) is 0 Å². The van der Waals surface area contributed by atoms with E-state index in [-0.39, 0.29) is 5.78 Å². The van der Waals surface area contributed by atoms with Gasteiger partial charge in [0.15, 0.2) is 6.10 Å². The molecule has 0 heterocycles. The van der Waals surface area contributed by atoms with E-state index < -0.39 is 6.10 Å². The summed E-state index contributed by atoms with van der Waals surface area (Å²) in [5.74, 6) is 0.738. The number of hydrogen-bond acceptors (Lipinski definition) is 2. The molecule has 2 heteroatoms. The molecule has 0 aliphatic heterocycles. The second-order valence-corrected chi connectivity index (χ2v) is 7.26. The number of rotatable bonds is 5. The van der Waals surface area contributed by atoms with Gasteiger partial charge in [-0.3, -0.25) is 4.79 Å². The Morgan fingerprint density at radius 2 is 1.34 bits per heavy atom. The van der Waals surface area contributed by atoms with E-state index in [1.807, 2.05) is 72.8 Å². The van der Waals surface area contributed by atoms with Gasteiger partial charge in [-0.05, 0) is 22.8 Å². The van der Waals surface area contributed by atoms with Crippen molar-refractivity contribution in [3.05, 3.63) is 125 Å². The average molecular weight is 376 g/mol. The largest absolute Gasteiger partial charge is 0.477 e. The van der Waals surface area contributed by atoms with Gasteiger partial charge in [0.1, 0.15) is 5.75 Å². The van der Waals surface area contributed by atoms with Gasteiger partial charge in [-0.15, -0.1) is 0 Å². The lowest BCUT2D eigenvalue weighted by atomic mass is 9.99. The highest BCUT2D eigenvalue weighted by Crippen LogP contribution is 2.42. The fraction of sp³-hybridized carbons (Fsp3) is 0.0741. The van der Waals surface area contributed by atoms with Crippen LogP contribution < -0.4 is 4.74 Å². The third kappa shape index (κ3) is 3.23. The molecule has 0 aromatic heterocycles. The average Bonchev–Trinajstić information content (AvgIpc) is 3.18. The normalized spacial score (nSPS) is 12.7. The Morgan fingerprint density at radius 3 is 2.14 bits per heavy atom. The van der Waals surface area contributed by atoms with Crippen LogP contribution in [-0.4, -0.2) is 5.78 Å². The summed E-state index contributed by atoms with van der Waals surface area (Å²) in [4.78, 5) is 13.3. The van der Waals surface area contributed by atoms with Crippen LogP contribution >= 0.6 is 0 Å². The SMILES string of the molecule is O=C(c1ccccc1)C(Oc1cccc2c1Cc1ccccc1-2)c1ccccc1. The van der Waals surface area contributed by atoms with Crippen molar-refractivity contribution >= 4 is 5.78 Å². The molecule has 0 fully saturated rings. The lowest BCUT2D eigenvalue weighted by Crippen LogP contribution is -2.19. The molecule has 140 valence electrons. The Bertz CT molecular complexity index is 1160. The number of hydrogen-bond donors (Lipinski definition) is 0. The highest BCUT2D eigenvalue weighted by Gasteiger charge is 2.27. The van der Waals surface area contributed by atoms with Crippen LogP contribution in [-0.2, 0) is 6.42 Å². The molecule has 0 saturated carbocycles. The zero-order valence-electron chi connectivity index (χ0n) is 15.9. The van der Waals surface area contributed by atoms with Gasteiger partial charge in [0.05, 0.1) is 0 Å². The molecule has 5 rings (SSSR count). The van der Waals surface area contributed by atoms with Crippen molar-refractivity contribution in [2.45, 2.75) is 12.5 Å². The van der Waals surface area contributed by atoms with Gasteiger partial charge >= 0.3 is 0 Å². The topological polar surface area (TPSA) is 26.3 Å². The molecule has 29 heavy (non-hydrogen) atoms. The number of carbonyl (C=O) groups is 1. The van der Waals surface area contributed by atoms with Crippen LogP contribution in [0.5, 0.6) is 5.75 Å². The maximum absolute atomic E-state index is 13.3. The second kappa shape index (κ2) is 7.40. The fourth-order valence-corrected chi connectivity index (χ4v) is 4.02. The van der Waals surface area contributed by atoms with E-state index in [2.05, 4.69) is 30.3 Å². The monoisotopic (exact) mass is 376 g/mol. The summed E-state index contributed by atoms with van der Waals surface area (Å²) in [6.07, 6.45) is 0.136. The Kier molecular flexibility index (Phi) is 4.45. The zero-order chi connectivity index (χ0) is 19.6. The molecule has 1 aliphatic carbocycles. The Labute approximate surface area is 170 Å². The number of fused-ring (bicyclic) bond motifs is 3. The summed E-state index contributed by atoms with van der Waals surface area (Å²) < 4.78 is 6.44. The summed E-state index contributed by atoms with van der Waals surface area (Å²) in [5, 5.41) is 0. The van der Waals surface area contributed by atoms with Crippen LogP contribution in [0.1, 0.15) is 33.2 Å². The van der Waals surface area contributed by atoms with Gasteiger partial charge in [0.2, 0.25) is 5.78 Å². The van der Waals surface area contributed by atoms with E-state index in [0.717, 1.165) is 23.3 Å². The van der Waals surface area contributed by atoms with Crippen molar-refractivity contribution in [3.8, 4) is 16.9 Å². The van der Waals surface area contributed by atoms with E-state index in [4.69, 9.17) is 4.74 Å². The fourth-order valence-electron chi connectivity index (χ4n) is 4.02. The minimum Gasteiger partial charge on any atom is -0.477 e. The second-order valence-electron chi connectivity index (χ2n) is 7.26. The first-order valence-electron chi connectivity index (χ1n) is 9.82.